The molecule has 0 amide bonds. The SMILES string of the molecule is COc1ccc(CNC2C3C4CCC(C4)C23)c(O)c1. The van der Waals surface area contributed by atoms with Crippen LogP contribution in [0.1, 0.15) is 24.8 Å². The lowest BCUT2D eigenvalue weighted by Gasteiger charge is -2.12. The van der Waals surface area contributed by atoms with Gasteiger partial charge in [0.25, 0.3) is 0 Å². The number of benzene rings is 1. The number of phenolic OH excluding ortho intramolecular Hbond substituents is 1. The molecule has 0 radical (unpaired) electrons. The minimum atomic E-state index is 0.334. The lowest BCUT2D eigenvalue weighted by Crippen LogP contribution is -2.22. The molecule has 3 aliphatic carbocycles. The van der Waals surface area contributed by atoms with Crippen LogP contribution in [0.5, 0.6) is 11.5 Å². The van der Waals surface area contributed by atoms with Crippen molar-refractivity contribution in [3.63, 3.8) is 0 Å². The van der Waals surface area contributed by atoms with Gasteiger partial charge in [-0.3, -0.25) is 0 Å². The first-order chi connectivity index (χ1) is 9.28. The third-order valence-corrected chi connectivity index (χ3v) is 5.56. The molecule has 0 aliphatic heterocycles. The lowest BCUT2D eigenvalue weighted by molar-refractivity contribution is 0.405. The lowest BCUT2D eigenvalue weighted by atomic mass is 10.0. The summed E-state index contributed by atoms with van der Waals surface area (Å²) in [4.78, 5) is 0. The zero-order valence-corrected chi connectivity index (χ0v) is 11.3. The molecule has 102 valence electrons. The van der Waals surface area contributed by atoms with Crippen LogP contribution in [-0.4, -0.2) is 18.3 Å². The van der Waals surface area contributed by atoms with Crippen molar-refractivity contribution in [3.05, 3.63) is 23.8 Å². The monoisotopic (exact) mass is 259 g/mol. The fourth-order valence-electron chi connectivity index (χ4n) is 4.65. The van der Waals surface area contributed by atoms with Gasteiger partial charge in [-0.2, -0.15) is 0 Å². The second-order valence-corrected chi connectivity index (χ2v) is 6.39. The highest BCUT2D eigenvalue weighted by molar-refractivity contribution is 5.39. The first-order valence-electron chi connectivity index (χ1n) is 7.37. The fraction of sp³-hybridized carbons (Fsp3) is 0.625. The Bertz CT molecular complexity index is 486. The van der Waals surface area contributed by atoms with Crippen molar-refractivity contribution >= 4 is 0 Å². The van der Waals surface area contributed by atoms with Gasteiger partial charge in [-0.1, -0.05) is 6.07 Å². The van der Waals surface area contributed by atoms with E-state index in [4.69, 9.17) is 4.74 Å². The molecule has 4 unspecified atom stereocenters. The Morgan fingerprint density at radius 3 is 2.63 bits per heavy atom. The molecule has 3 saturated carbocycles. The molecule has 3 fully saturated rings. The molecule has 0 heterocycles. The molecule has 4 rings (SSSR count). The minimum Gasteiger partial charge on any atom is -0.507 e. The first kappa shape index (κ1) is 11.6. The summed E-state index contributed by atoms with van der Waals surface area (Å²) in [7, 11) is 1.62. The highest BCUT2D eigenvalue weighted by Gasteiger charge is 2.64. The van der Waals surface area contributed by atoms with Gasteiger partial charge in [-0.25, -0.2) is 0 Å². The van der Waals surface area contributed by atoms with Gasteiger partial charge in [0.05, 0.1) is 7.11 Å². The second-order valence-electron chi connectivity index (χ2n) is 6.39. The minimum absolute atomic E-state index is 0.334. The fourth-order valence-corrected chi connectivity index (χ4v) is 4.65. The molecule has 3 aliphatic rings. The van der Waals surface area contributed by atoms with Gasteiger partial charge in [0.1, 0.15) is 11.5 Å². The molecule has 4 atom stereocenters. The third kappa shape index (κ3) is 1.75. The Morgan fingerprint density at radius 2 is 2.00 bits per heavy atom. The van der Waals surface area contributed by atoms with Crippen LogP contribution in [-0.2, 0) is 6.54 Å². The quantitative estimate of drug-likeness (QED) is 0.873. The van der Waals surface area contributed by atoms with Gasteiger partial charge in [0.15, 0.2) is 0 Å². The van der Waals surface area contributed by atoms with Crippen LogP contribution in [0.25, 0.3) is 0 Å². The van der Waals surface area contributed by atoms with Crippen molar-refractivity contribution in [2.45, 2.75) is 31.8 Å². The topological polar surface area (TPSA) is 41.5 Å². The molecule has 0 spiro atoms. The van der Waals surface area contributed by atoms with Crippen LogP contribution in [0.15, 0.2) is 18.2 Å². The molecular formula is C16H21NO2. The van der Waals surface area contributed by atoms with Crippen molar-refractivity contribution in [3.8, 4) is 11.5 Å². The van der Waals surface area contributed by atoms with Crippen molar-refractivity contribution in [1.82, 2.24) is 5.32 Å². The van der Waals surface area contributed by atoms with E-state index in [-0.39, 0.29) is 0 Å². The number of phenols is 1. The van der Waals surface area contributed by atoms with E-state index in [1.54, 1.807) is 13.2 Å². The summed E-state index contributed by atoms with van der Waals surface area (Å²) in [5.74, 6) is 4.93. The predicted octanol–water partition coefficient (Wildman–Crippen LogP) is 2.53. The van der Waals surface area contributed by atoms with E-state index in [0.717, 1.165) is 35.8 Å². The van der Waals surface area contributed by atoms with Crippen LogP contribution >= 0.6 is 0 Å². The Morgan fingerprint density at radius 1 is 1.26 bits per heavy atom. The Kier molecular flexibility index (Phi) is 2.52. The summed E-state index contributed by atoms with van der Waals surface area (Å²) in [6, 6.07) is 6.27. The molecule has 1 aromatic rings. The molecule has 3 nitrogen and oxygen atoms in total. The van der Waals surface area contributed by atoms with E-state index >= 15 is 0 Å². The standard InChI is InChI=1S/C16H21NO2/c1-19-12-5-4-11(13(18)7-12)8-17-16-14-9-2-3-10(6-9)15(14)16/h4-5,7,9-10,14-18H,2-3,6,8H2,1H3. The van der Waals surface area contributed by atoms with Crippen molar-refractivity contribution in [2.24, 2.45) is 23.7 Å². The maximum atomic E-state index is 9.96. The molecule has 3 heteroatoms. The number of aromatic hydroxyl groups is 1. The maximum absolute atomic E-state index is 9.96. The van der Waals surface area contributed by atoms with E-state index in [9.17, 15) is 5.11 Å². The average Bonchev–Trinajstić information content (AvgIpc) is 2.81. The summed E-state index contributed by atoms with van der Waals surface area (Å²) in [6.07, 6.45) is 4.40. The molecule has 19 heavy (non-hydrogen) atoms. The van der Waals surface area contributed by atoms with Crippen LogP contribution in [0.4, 0.5) is 0 Å². The zero-order valence-electron chi connectivity index (χ0n) is 11.3. The number of methoxy groups -OCH3 is 1. The molecule has 1 aromatic carbocycles. The molecular weight excluding hydrogens is 238 g/mol. The van der Waals surface area contributed by atoms with Gasteiger partial charge in [-0.15, -0.1) is 0 Å². The van der Waals surface area contributed by atoms with Gasteiger partial charge in [0.2, 0.25) is 0 Å². The van der Waals surface area contributed by atoms with Gasteiger partial charge < -0.3 is 15.2 Å². The maximum Gasteiger partial charge on any atom is 0.123 e. The van der Waals surface area contributed by atoms with Crippen LogP contribution in [0.3, 0.4) is 0 Å². The van der Waals surface area contributed by atoms with E-state index < -0.39 is 0 Å². The summed E-state index contributed by atoms with van der Waals surface area (Å²) in [5.41, 5.74) is 0.970. The second kappa shape index (κ2) is 4.14. The highest BCUT2D eigenvalue weighted by Crippen LogP contribution is 2.65. The smallest absolute Gasteiger partial charge is 0.123 e. The van der Waals surface area contributed by atoms with E-state index in [0.29, 0.717) is 17.5 Å². The normalized spacial score (nSPS) is 38.3. The Hall–Kier alpha value is -1.22. The molecule has 2 bridgehead atoms. The number of hydrogen-bond donors (Lipinski definition) is 2. The van der Waals surface area contributed by atoms with Gasteiger partial charge >= 0.3 is 0 Å². The highest BCUT2D eigenvalue weighted by atomic mass is 16.5. The predicted molar refractivity (Wildman–Crippen MR) is 73.1 cm³/mol. The largest absolute Gasteiger partial charge is 0.507 e. The zero-order chi connectivity index (χ0) is 13.0. The van der Waals surface area contributed by atoms with E-state index in [1.165, 1.54) is 19.3 Å². The van der Waals surface area contributed by atoms with Crippen LogP contribution in [0, 0.1) is 23.7 Å². The first-order valence-corrected chi connectivity index (χ1v) is 7.37. The average molecular weight is 259 g/mol. The number of hydrogen-bond acceptors (Lipinski definition) is 3. The van der Waals surface area contributed by atoms with Crippen molar-refractivity contribution in [1.29, 1.82) is 0 Å². The summed E-state index contributed by atoms with van der Waals surface area (Å²) < 4.78 is 5.10. The molecule has 0 saturated heterocycles. The van der Waals surface area contributed by atoms with E-state index in [2.05, 4.69) is 5.32 Å². The van der Waals surface area contributed by atoms with Gasteiger partial charge in [-0.05, 0) is 49.0 Å². The van der Waals surface area contributed by atoms with Crippen molar-refractivity contribution in [2.75, 3.05) is 7.11 Å². The summed E-state index contributed by atoms with van der Waals surface area (Å²) in [6.45, 7) is 0.771. The number of fused-ring (bicyclic) bond motifs is 5. The van der Waals surface area contributed by atoms with Crippen molar-refractivity contribution < 1.29 is 9.84 Å². The molecule has 0 aromatic heterocycles. The molecule has 2 N–H and O–H groups in total. The Balaban J connectivity index is 1.39. The number of ether oxygens (including phenoxy) is 1. The van der Waals surface area contributed by atoms with Gasteiger partial charge in [0, 0.05) is 24.2 Å². The van der Waals surface area contributed by atoms with E-state index in [1.807, 2.05) is 12.1 Å². The number of nitrogens with one attached hydrogen (secondary N) is 1. The summed E-state index contributed by atoms with van der Waals surface area (Å²) >= 11 is 0. The summed E-state index contributed by atoms with van der Waals surface area (Å²) in [5, 5.41) is 13.6. The third-order valence-electron chi connectivity index (χ3n) is 5.56. The number of rotatable bonds is 4. The van der Waals surface area contributed by atoms with Crippen LogP contribution < -0.4 is 10.1 Å². The Labute approximate surface area is 114 Å². The van der Waals surface area contributed by atoms with Crippen LogP contribution in [0.2, 0.25) is 0 Å².